The fraction of sp³-hybridized carbons (Fsp3) is 0.467. The molecule has 0 aliphatic rings. The van der Waals surface area contributed by atoms with Crippen molar-refractivity contribution in [3.05, 3.63) is 29.8 Å². The molecule has 0 fully saturated rings. The summed E-state index contributed by atoms with van der Waals surface area (Å²) >= 11 is 0. The van der Waals surface area contributed by atoms with Crippen molar-refractivity contribution in [2.45, 2.75) is 32.9 Å². The molecule has 1 aromatic carbocycles. The van der Waals surface area contributed by atoms with Crippen LogP contribution >= 0.6 is 0 Å². The van der Waals surface area contributed by atoms with Gasteiger partial charge in [0.25, 0.3) is 0 Å². The molecule has 2 N–H and O–H groups in total. The summed E-state index contributed by atoms with van der Waals surface area (Å²) in [6.07, 6.45) is -4.15. The molecule has 22 heavy (non-hydrogen) atoms. The van der Waals surface area contributed by atoms with Crippen LogP contribution < -0.4 is 10.6 Å². The van der Waals surface area contributed by atoms with Crippen LogP contribution in [-0.2, 0) is 16.0 Å². The van der Waals surface area contributed by atoms with Gasteiger partial charge in [0.15, 0.2) is 0 Å². The lowest BCUT2D eigenvalue weighted by atomic mass is 10.1. The van der Waals surface area contributed by atoms with Crippen LogP contribution in [0.3, 0.4) is 0 Å². The summed E-state index contributed by atoms with van der Waals surface area (Å²) in [5.41, 5.74) is 1.16. The molecule has 122 valence electrons. The molecule has 0 aliphatic heterocycles. The Hall–Kier alpha value is -2.05. The Bertz CT molecular complexity index is 511. The maximum absolute atomic E-state index is 12.0. The van der Waals surface area contributed by atoms with Gasteiger partial charge in [-0.25, -0.2) is 0 Å². The van der Waals surface area contributed by atoms with Gasteiger partial charge < -0.3 is 10.6 Å². The first-order chi connectivity index (χ1) is 10.2. The van der Waals surface area contributed by atoms with Gasteiger partial charge in [-0.05, 0) is 23.6 Å². The van der Waals surface area contributed by atoms with E-state index in [2.05, 4.69) is 5.32 Å². The lowest BCUT2D eigenvalue weighted by Crippen LogP contribution is -2.34. The molecule has 0 aromatic heterocycles. The van der Waals surface area contributed by atoms with Crippen LogP contribution in [0.4, 0.5) is 18.9 Å². The summed E-state index contributed by atoms with van der Waals surface area (Å²) in [6, 6.07) is 6.42. The topological polar surface area (TPSA) is 58.2 Å². The normalized spacial score (nSPS) is 11.4. The molecule has 0 saturated carbocycles. The summed E-state index contributed by atoms with van der Waals surface area (Å²) in [4.78, 5) is 22.9. The van der Waals surface area contributed by atoms with Crippen LogP contribution in [0.25, 0.3) is 0 Å². The molecule has 0 atom stereocenters. The van der Waals surface area contributed by atoms with Crippen LogP contribution in [0, 0.1) is 5.92 Å². The van der Waals surface area contributed by atoms with Crippen molar-refractivity contribution >= 4 is 17.5 Å². The zero-order chi connectivity index (χ0) is 16.8. The minimum absolute atomic E-state index is 0.106. The van der Waals surface area contributed by atoms with Gasteiger partial charge in [-0.2, -0.15) is 13.2 Å². The predicted octanol–water partition coefficient (Wildman–Crippen LogP) is 2.89. The number of nitrogens with one attached hydrogen (secondary N) is 2. The number of anilines is 1. The standard InChI is InChI=1S/C15H19F3N2O2/c1-10(2)7-14(22)20-12-5-3-11(4-6-12)8-13(21)19-9-15(16,17)18/h3-6,10H,7-9H2,1-2H3,(H,19,21)(H,20,22). The minimum atomic E-state index is -4.42. The van der Waals surface area contributed by atoms with Crippen LogP contribution in [0.15, 0.2) is 24.3 Å². The molecule has 2 amide bonds. The molecule has 0 unspecified atom stereocenters. The lowest BCUT2D eigenvalue weighted by molar-refractivity contribution is -0.138. The van der Waals surface area contributed by atoms with E-state index in [0.29, 0.717) is 17.7 Å². The number of alkyl halides is 3. The molecule has 4 nitrogen and oxygen atoms in total. The lowest BCUT2D eigenvalue weighted by Gasteiger charge is -2.09. The van der Waals surface area contributed by atoms with Crippen LogP contribution in [0.5, 0.6) is 0 Å². The van der Waals surface area contributed by atoms with Crippen molar-refractivity contribution < 1.29 is 22.8 Å². The second kappa shape index (κ2) is 7.82. The summed E-state index contributed by atoms with van der Waals surface area (Å²) in [5, 5.41) is 4.52. The zero-order valence-electron chi connectivity index (χ0n) is 12.5. The number of hydrogen-bond acceptors (Lipinski definition) is 2. The molecule has 0 aliphatic carbocycles. The Morgan fingerprint density at radius 2 is 1.68 bits per heavy atom. The van der Waals surface area contributed by atoms with Gasteiger partial charge in [0.2, 0.25) is 11.8 Å². The van der Waals surface area contributed by atoms with Gasteiger partial charge >= 0.3 is 6.18 Å². The predicted molar refractivity (Wildman–Crippen MR) is 77.3 cm³/mol. The van der Waals surface area contributed by atoms with Gasteiger partial charge in [0.1, 0.15) is 6.54 Å². The number of halogens is 3. The van der Waals surface area contributed by atoms with Crippen LogP contribution in [0.2, 0.25) is 0 Å². The Labute approximate surface area is 127 Å². The van der Waals surface area contributed by atoms with E-state index in [1.54, 1.807) is 29.6 Å². The molecule has 0 saturated heterocycles. The molecule has 0 radical (unpaired) electrons. The number of rotatable bonds is 6. The summed E-state index contributed by atoms with van der Waals surface area (Å²) in [5.74, 6) is -0.559. The average Bonchev–Trinajstić information content (AvgIpc) is 2.37. The second-order valence-electron chi connectivity index (χ2n) is 5.41. The number of amides is 2. The average molecular weight is 316 g/mol. The van der Waals surface area contributed by atoms with Crippen molar-refractivity contribution in [3.8, 4) is 0 Å². The van der Waals surface area contributed by atoms with Gasteiger partial charge in [0, 0.05) is 12.1 Å². The highest BCUT2D eigenvalue weighted by Gasteiger charge is 2.27. The van der Waals surface area contributed by atoms with Crippen molar-refractivity contribution in [2.24, 2.45) is 5.92 Å². The summed E-state index contributed by atoms with van der Waals surface area (Å²) in [7, 11) is 0. The zero-order valence-corrected chi connectivity index (χ0v) is 12.5. The molecule has 1 rings (SSSR count). The molecule has 0 bridgehead atoms. The highest BCUT2D eigenvalue weighted by atomic mass is 19.4. The van der Waals surface area contributed by atoms with E-state index in [-0.39, 0.29) is 18.2 Å². The minimum Gasteiger partial charge on any atom is -0.347 e. The Morgan fingerprint density at radius 3 is 2.18 bits per heavy atom. The SMILES string of the molecule is CC(C)CC(=O)Nc1ccc(CC(=O)NCC(F)(F)F)cc1. The summed E-state index contributed by atoms with van der Waals surface area (Å²) in [6.45, 7) is 2.53. The third-order valence-corrected chi connectivity index (χ3v) is 2.68. The Morgan fingerprint density at radius 1 is 1.09 bits per heavy atom. The number of carbonyl (C=O) groups is 2. The fourth-order valence-corrected chi connectivity index (χ4v) is 1.74. The van der Waals surface area contributed by atoms with Crippen molar-refractivity contribution in [1.29, 1.82) is 0 Å². The summed E-state index contributed by atoms with van der Waals surface area (Å²) < 4.78 is 35.9. The van der Waals surface area contributed by atoms with Crippen molar-refractivity contribution in [1.82, 2.24) is 5.32 Å². The van der Waals surface area contributed by atoms with E-state index in [1.807, 2.05) is 13.8 Å². The second-order valence-corrected chi connectivity index (χ2v) is 5.41. The van der Waals surface area contributed by atoms with Crippen molar-refractivity contribution in [3.63, 3.8) is 0 Å². The van der Waals surface area contributed by atoms with E-state index < -0.39 is 18.6 Å². The van der Waals surface area contributed by atoms with E-state index in [9.17, 15) is 22.8 Å². The van der Waals surface area contributed by atoms with Gasteiger partial charge in [-0.3, -0.25) is 9.59 Å². The number of hydrogen-bond donors (Lipinski definition) is 2. The smallest absolute Gasteiger partial charge is 0.347 e. The first-order valence-electron chi connectivity index (χ1n) is 6.88. The quantitative estimate of drug-likeness (QED) is 0.848. The van der Waals surface area contributed by atoms with E-state index in [1.165, 1.54) is 0 Å². The molecule has 0 heterocycles. The van der Waals surface area contributed by atoms with E-state index in [0.717, 1.165) is 0 Å². The van der Waals surface area contributed by atoms with Gasteiger partial charge in [-0.15, -0.1) is 0 Å². The van der Waals surface area contributed by atoms with E-state index in [4.69, 9.17) is 0 Å². The highest BCUT2D eigenvalue weighted by molar-refractivity contribution is 5.90. The van der Waals surface area contributed by atoms with Crippen molar-refractivity contribution in [2.75, 3.05) is 11.9 Å². The molecule has 0 spiro atoms. The van der Waals surface area contributed by atoms with E-state index >= 15 is 0 Å². The van der Waals surface area contributed by atoms with Crippen LogP contribution in [0.1, 0.15) is 25.8 Å². The molecular formula is C15H19F3N2O2. The largest absolute Gasteiger partial charge is 0.405 e. The Balaban J connectivity index is 2.48. The number of carbonyl (C=O) groups excluding carboxylic acids is 2. The first kappa shape index (κ1) is 18.0. The Kier molecular flexibility index (Phi) is 6.39. The highest BCUT2D eigenvalue weighted by Crippen LogP contribution is 2.13. The monoisotopic (exact) mass is 316 g/mol. The van der Waals surface area contributed by atoms with Gasteiger partial charge in [0.05, 0.1) is 6.42 Å². The molecule has 1 aromatic rings. The third-order valence-electron chi connectivity index (χ3n) is 2.68. The van der Waals surface area contributed by atoms with Gasteiger partial charge in [-0.1, -0.05) is 26.0 Å². The maximum atomic E-state index is 12.0. The van der Waals surface area contributed by atoms with Crippen LogP contribution in [-0.4, -0.2) is 24.5 Å². The third kappa shape index (κ3) is 7.66. The fourth-order valence-electron chi connectivity index (χ4n) is 1.74. The molecule has 7 heteroatoms. The molecular weight excluding hydrogens is 297 g/mol. The number of benzene rings is 1. The first-order valence-corrected chi connectivity index (χ1v) is 6.88. The maximum Gasteiger partial charge on any atom is 0.405 e.